The number of benzene rings is 1. The highest BCUT2D eigenvalue weighted by atomic mass is 35.5. The van der Waals surface area contributed by atoms with Gasteiger partial charge in [0.05, 0.1) is 0 Å². The molecule has 1 saturated heterocycles. The van der Waals surface area contributed by atoms with E-state index in [0.717, 1.165) is 36.8 Å². The van der Waals surface area contributed by atoms with Crippen LogP contribution in [-0.2, 0) is 0 Å². The Kier molecular flexibility index (Phi) is 3.63. The third-order valence-electron chi connectivity index (χ3n) is 3.89. The van der Waals surface area contributed by atoms with Gasteiger partial charge in [-0.05, 0) is 36.6 Å². The summed E-state index contributed by atoms with van der Waals surface area (Å²) in [5.74, 6) is 2.03. The van der Waals surface area contributed by atoms with Gasteiger partial charge in [0, 0.05) is 29.7 Å². The maximum atomic E-state index is 6.12. The molecule has 0 aliphatic carbocycles. The Morgan fingerprint density at radius 2 is 2.10 bits per heavy atom. The van der Waals surface area contributed by atoms with Crippen molar-refractivity contribution < 1.29 is 0 Å². The standard InChI is InChI=1S/C14H18ClN5/c1-9-6-7-20(8-12(9)16)14-17-13(18-19-14)10-2-4-11(15)5-3-10/h2-5,9,12H,6-8,16H2,1H3,(H,17,18,19). The summed E-state index contributed by atoms with van der Waals surface area (Å²) < 4.78 is 0. The van der Waals surface area contributed by atoms with Crippen molar-refractivity contribution in [1.29, 1.82) is 0 Å². The first kappa shape index (κ1) is 13.4. The maximum Gasteiger partial charge on any atom is 0.245 e. The van der Waals surface area contributed by atoms with E-state index in [1.165, 1.54) is 0 Å². The summed E-state index contributed by atoms with van der Waals surface area (Å²) in [5, 5.41) is 7.99. The summed E-state index contributed by atoms with van der Waals surface area (Å²) in [4.78, 5) is 6.69. The van der Waals surface area contributed by atoms with Gasteiger partial charge < -0.3 is 10.6 Å². The smallest absolute Gasteiger partial charge is 0.245 e. The molecule has 0 radical (unpaired) electrons. The first-order valence-corrected chi connectivity index (χ1v) is 7.20. The number of anilines is 1. The average molecular weight is 292 g/mol. The summed E-state index contributed by atoms with van der Waals surface area (Å²) >= 11 is 5.89. The summed E-state index contributed by atoms with van der Waals surface area (Å²) in [6.07, 6.45) is 1.08. The molecule has 2 heterocycles. The van der Waals surface area contributed by atoms with Crippen LogP contribution in [0.25, 0.3) is 11.4 Å². The van der Waals surface area contributed by atoms with Gasteiger partial charge in [-0.15, -0.1) is 5.10 Å². The van der Waals surface area contributed by atoms with Crippen LogP contribution in [0.2, 0.25) is 5.02 Å². The predicted molar refractivity (Wildman–Crippen MR) is 80.8 cm³/mol. The Labute approximate surface area is 123 Å². The molecule has 2 atom stereocenters. The number of nitrogens with one attached hydrogen (secondary N) is 1. The van der Waals surface area contributed by atoms with E-state index in [-0.39, 0.29) is 6.04 Å². The molecule has 1 aliphatic rings. The van der Waals surface area contributed by atoms with Crippen LogP contribution in [0.3, 0.4) is 0 Å². The van der Waals surface area contributed by atoms with E-state index in [2.05, 4.69) is 27.0 Å². The quantitative estimate of drug-likeness (QED) is 0.891. The molecule has 1 fully saturated rings. The Hall–Kier alpha value is -1.59. The monoisotopic (exact) mass is 291 g/mol. The van der Waals surface area contributed by atoms with E-state index in [9.17, 15) is 0 Å². The predicted octanol–water partition coefficient (Wildman–Crippen LogP) is 2.30. The molecule has 20 heavy (non-hydrogen) atoms. The summed E-state index contributed by atoms with van der Waals surface area (Å²) in [6.45, 7) is 3.95. The van der Waals surface area contributed by atoms with Gasteiger partial charge in [-0.2, -0.15) is 4.98 Å². The van der Waals surface area contributed by atoms with Gasteiger partial charge in [0.25, 0.3) is 0 Å². The van der Waals surface area contributed by atoms with Crippen molar-refractivity contribution in [3.63, 3.8) is 0 Å². The molecule has 0 saturated carbocycles. The van der Waals surface area contributed by atoms with Crippen molar-refractivity contribution in [3.05, 3.63) is 29.3 Å². The molecule has 0 bridgehead atoms. The van der Waals surface area contributed by atoms with E-state index in [1.807, 2.05) is 24.3 Å². The Morgan fingerprint density at radius 3 is 2.80 bits per heavy atom. The van der Waals surface area contributed by atoms with Crippen molar-refractivity contribution in [3.8, 4) is 11.4 Å². The Morgan fingerprint density at radius 1 is 1.35 bits per heavy atom. The van der Waals surface area contributed by atoms with E-state index in [1.54, 1.807) is 0 Å². The minimum absolute atomic E-state index is 0.182. The van der Waals surface area contributed by atoms with Crippen molar-refractivity contribution >= 4 is 17.5 Å². The number of hydrogen-bond donors (Lipinski definition) is 2. The van der Waals surface area contributed by atoms with Crippen molar-refractivity contribution in [2.75, 3.05) is 18.0 Å². The first-order valence-electron chi connectivity index (χ1n) is 6.82. The largest absolute Gasteiger partial charge is 0.338 e. The molecule has 3 N–H and O–H groups in total. The van der Waals surface area contributed by atoms with Crippen molar-refractivity contribution in [1.82, 2.24) is 15.2 Å². The van der Waals surface area contributed by atoms with Crippen LogP contribution < -0.4 is 10.6 Å². The van der Waals surface area contributed by atoms with Gasteiger partial charge in [0.2, 0.25) is 5.95 Å². The molecule has 1 aromatic carbocycles. The fourth-order valence-electron chi connectivity index (χ4n) is 2.41. The van der Waals surface area contributed by atoms with Crippen LogP contribution in [-0.4, -0.2) is 34.3 Å². The SMILES string of the molecule is CC1CCN(c2n[nH]c(-c3ccc(Cl)cc3)n2)CC1N. The number of hydrogen-bond acceptors (Lipinski definition) is 4. The fraction of sp³-hybridized carbons (Fsp3) is 0.429. The summed E-state index contributed by atoms with van der Waals surface area (Å²) in [6, 6.07) is 7.73. The number of aromatic amines is 1. The van der Waals surface area contributed by atoms with Crippen LogP contribution in [0.15, 0.2) is 24.3 Å². The molecule has 2 unspecified atom stereocenters. The Balaban J connectivity index is 1.78. The van der Waals surface area contributed by atoms with E-state index in [4.69, 9.17) is 17.3 Å². The molecular weight excluding hydrogens is 274 g/mol. The third-order valence-corrected chi connectivity index (χ3v) is 4.14. The van der Waals surface area contributed by atoms with E-state index < -0.39 is 0 Å². The maximum absolute atomic E-state index is 6.12. The van der Waals surface area contributed by atoms with Gasteiger partial charge in [0.1, 0.15) is 0 Å². The zero-order valence-electron chi connectivity index (χ0n) is 11.4. The molecule has 3 rings (SSSR count). The van der Waals surface area contributed by atoms with Crippen LogP contribution in [0.1, 0.15) is 13.3 Å². The van der Waals surface area contributed by atoms with Crippen molar-refractivity contribution in [2.45, 2.75) is 19.4 Å². The van der Waals surface area contributed by atoms with Gasteiger partial charge in [-0.1, -0.05) is 18.5 Å². The summed E-state index contributed by atoms with van der Waals surface area (Å²) in [7, 11) is 0. The second-order valence-corrected chi connectivity index (χ2v) is 5.80. The highest BCUT2D eigenvalue weighted by molar-refractivity contribution is 6.30. The lowest BCUT2D eigenvalue weighted by molar-refractivity contribution is 0.376. The number of piperidine rings is 1. The molecule has 2 aromatic rings. The van der Waals surface area contributed by atoms with Crippen LogP contribution >= 0.6 is 11.6 Å². The molecule has 1 aliphatic heterocycles. The molecule has 6 heteroatoms. The molecule has 1 aromatic heterocycles. The van der Waals surface area contributed by atoms with E-state index >= 15 is 0 Å². The van der Waals surface area contributed by atoms with Gasteiger partial charge in [-0.25, -0.2) is 0 Å². The lowest BCUT2D eigenvalue weighted by Crippen LogP contribution is -2.48. The number of rotatable bonds is 2. The van der Waals surface area contributed by atoms with Crippen LogP contribution in [0, 0.1) is 5.92 Å². The number of H-pyrrole nitrogens is 1. The number of nitrogens with two attached hydrogens (primary N) is 1. The van der Waals surface area contributed by atoms with Gasteiger partial charge in [-0.3, -0.25) is 5.10 Å². The minimum atomic E-state index is 0.182. The zero-order valence-corrected chi connectivity index (χ0v) is 12.1. The lowest BCUT2D eigenvalue weighted by Gasteiger charge is -2.34. The zero-order chi connectivity index (χ0) is 14.1. The second kappa shape index (κ2) is 5.42. The lowest BCUT2D eigenvalue weighted by atomic mass is 9.95. The summed E-state index contributed by atoms with van der Waals surface area (Å²) in [5.41, 5.74) is 7.09. The number of nitrogens with zero attached hydrogens (tertiary/aromatic N) is 3. The Bertz CT molecular complexity index is 580. The second-order valence-electron chi connectivity index (χ2n) is 5.37. The van der Waals surface area contributed by atoms with Crippen LogP contribution in [0.4, 0.5) is 5.95 Å². The molecule has 0 amide bonds. The average Bonchev–Trinajstić information content (AvgIpc) is 2.92. The molecule has 5 nitrogen and oxygen atoms in total. The van der Waals surface area contributed by atoms with Gasteiger partial charge in [0.15, 0.2) is 5.82 Å². The van der Waals surface area contributed by atoms with Crippen LogP contribution in [0.5, 0.6) is 0 Å². The highest BCUT2D eigenvalue weighted by Crippen LogP contribution is 2.23. The first-order chi connectivity index (χ1) is 9.63. The molecule has 0 spiro atoms. The normalized spacial score (nSPS) is 23.1. The highest BCUT2D eigenvalue weighted by Gasteiger charge is 2.25. The number of aromatic nitrogens is 3. The molecule has 106 valence electrons. The molecular formula is C14H18ClN5. The number of halogens is 1. The van der Waals surface area contributed by atoms with E-state index in [0.29, 0.717) is 10.9 Å². The fourth-order valence-corrected chi connectivity index (χ4v) is 2.54. The van der Waals surface area contributed by atoms with Crippen molar-refractivity contribution in [2.24, 2.45) is 11.7 Å². The topological polar surface area (TPSA) is 70.8 Å². The third kappa shape index (κ3) is 2.64. The van der Waals surface area contributed by atoms with Gasteiger partial charge >= 0.3 is 0 Å². The minimum Gasteiger partial charge on any atom is -0.338 e.